The predicted molar refractivity (Wildman–Crippen MR) is 64.0 cm³/mol. The van der Waals surface area contributed by atoms with Crippen LogP contribution in [0.3, 0.4) is 0 Å². The molecule has 1 aromatic rings. The highest BCUT2D eigenvalue weighted by atomic mass is 79.9. The molecule has 0 aliphatic rings. The monoisotopic (exact) mass is 290 g/mol. The maximum atomic E-state index is 8.92. The van der Waals surface area contributed by atoms with Crippen molar-refractivity contribution in [2.24, 2.45) is 0 Å². The van der Waals surface area contributed by atoms with Gasteiger partial charge in [-0.05, 0) is 34.0 Å². The second-order valence-corrected chi connectivity index (χ2v) is 3.89. The molecule has 90 valence electrons. The number of aliphatic hydroxyl groups is 1. The maximum Gasteiger partial charge on any atom is 0.188 e. The summed E-state index contributed by atoms with van der Waals surface area (Å²) in [5.41, 5.74) is 0.967. The molecule has 0 aliphatic heterocycles. The minimum atomic E-state index is 0.0919. The number of ether oxygens (including phenoxy) is 3. The van der Waals surface area contributed by atoms with E-state index >= 15 is 0 Å². The molecule has 1 aromatic carbocycles. The van der Waals surface area contributed by atoms with E-state index in [4.69, 9.17) is 19.3 Å². The molecule has 0 aliphatic carbocycles. The van der Waals surface area contributed by atoms with Gasteiger partial charge < -0.3 is 19.3 Å². The van der Waals surface area contributed by atoms with Gasteiger partial charge in [-0.15, -0.1) is 0 Å². The van der Waals surface area contributed by atoms with Gasteiger partial charge in [0.1, 0.15) is 0 Å². The van der Waals surface area contributed by atoms with Gasteiger partial charge in [0.05, 0.1) is 11.6 Å². The summed E-state index contributed by atoms with van der Waals surface area (Å²) in [4.78, 5) is 0. The highest BCUT2D eigenvalue weighted by Gasteiger charge is 2.13. The lowest BCUT2D eigenvalue weighted by Crippen LogP contribution is -2.03. The standard InChI is InChI=1S/C11H15BrO4/c1-14-7-16-11-9(15-2)4-3-8(5-6-13)10(11)12/h3-4,13H,5-7H2,1-2H3. The summed E-state index contributed by atoms with van der Waals surface area (Å²) in [6.45, 7) is 0.242. The molecule has 1 rings (SSSR count). The van der Waals surface area contributed by atoms with Gasteiger partial charge >= 0.3 is 0 Å². The van der Waals surface area contributed by atoms with Crippen molar-refractivity contribution in [1.82, 2.24) is 0 Å². The Hall–Kier alpha value is -0.780. The highest BCUT2D eigenvalue weighted by Crippen LogP contribution is 2.37. The molecule has 4 nitrogen and oxygen atoms in total. The number of hydrogen-bond acceptors (Lipinski definition) is 4. The van der Waals surface area contributed by atoms with E-state index in [-0.39, 0.29) is 13.4 Å². The van der Waals surface area contributed by atoms with Gasteiger partial charge in [0.15, 0.2) is 18.3 Å². The van der Waals surface area contributed by atoms with Gasteiger partial charge in [-0.3, -0.25) is 0 Å². The highest BCUT2D eigenvalue weighted by molar-refractivity contribution is 9.10. The largest absolute Gasteiger partial charge is 0.493 e. The Morgan fingerprint density at radius 2 is 2.06 bits per heavy atom. The first-order valence-electron chi connectivity index (χ1n) is 4.82. The van der Waals surface area contributed by atoms with E-state index in [1.54, 1.807) is 20.3 Å². The minimum absolute atomic E-state index is 0.0919. The molecule has 0 spiro atoms. The minimum Gasteiger partial charge on any atom is -0.493 e. The van der Waals surface area contributed by atoms with Crippen molar-refractivity contribution in [2.75, 3.05) is 27.6 Å². The fourth-order valence-electron chi connectivity index (χ4n) is 1.31. The second kappa shape index (κ2) is 6.73. The molecule has 0 atom stereocenters. The summed E-state index contributed by atoms with van der Waals surface area (Å²) in [5, 5.41) is 8.92. The molecular weight excluding hydrogens is 276 g/mol. The van der Waals surface area contributed by atoms with Crippen LogP contribution in [-0.4, -0.2) is 32.7 Å². The summed E-state index contributed by atoms with van der Waals surface area (Å²) in [6.07, 6.45) is 0.563. The van der Waals surface area contributed by atoms with Gasteiger partial charge in [0.25, 0.3) is 0 Å². The lowest BCUT2D eigenvalue weighted by atomic mass is 10.1. The molecular formula is C11H15BrO4. The second-order valence-electron chi connectivity index (χ2n) is 3.09. The number of methoxy groups -OCH3 is 2. The first kappa shape index (κ1) is 13.3. The third-order valence-electron chi connectivity index (χ3n) is 2.06. The number of benzene rings is 1. The molecule has 16 heavy (non-hydrogen) atoms. The van der Waals surface area contributed by atoms with E-state index in [0.29, 0.717) is 17.9 Å². The molecule has 0 saturated carbocycles. The molecule has 0 bridgehead atoms. The Morgan fingerprint density at radius 1 is 1.31 bits per heavy atom. The van der Waals surface area contributed by atoms with Crippen LogP contribution in [0, 0.1) is 0 Å². The fraction of sp³-hybridized carbons (Fsp3) is 0.455. The van der Waals surface area contributed by atoms with Crippen LogP contribution in [0.2, 0.25) is 0 Å². The molecule has 0 saturated heterocycles. The summed E-state index contributed by atoms with van der Waals surface area (Å²) >= 11 is 3.43. The SMILES string of the molecule is COCOc1c(OC)ccc(CCO)c1Br. The Kier molecular flexibility index (Phi) is 5.59. The van der Waals surface area contributed by atoms with Crippen LogP contribution < -0.4 is 9.47 Å². The van der Waals surface area contributed by atoms with E-state index in [1.165, 1.54) is 0 Å². The van der Waals surface area contributed by atoms with Gasteiger partial charge in [0, 0.05) is 13.7 Å². The number of aliphatic hydroxyl groups excluding tert-OH is 1. The predicted octanol–water partition coefficient (Wildman–Crippen LogP) is 1.98. The maximum absolute atomic E-state index is 8.92. The van der Waals surface area contributed by atoms with Crippen LogP contribution in [0.5, 0.6) is 11.5 Å². The molecule has 1 N–H and O–H groups in total. The lowest BCUT2D eigenvalue weighted by molar-refractivity contribution is 0.0485. The smallest absolute Gasteiger partial charge is 0.188 e. The zero-order valence-corrected chi connectivity index (χ0v) is 10.9. The van der Waals surface area contributed by atoms with E-state index in [2.05, 4.69) is 15.9 Å². The first-order valence-corrected chi connectivity index (χ1v) is 5.61. The van der Waals surface area contributed by atoms with Crippen LogP contribution in [0.4, 0.5) is 0 Å². The Labute approximate surface area is 103 Å². The molecule has 0 aromatic heterocycles. The van der Waals surface area contributed by atoms with E-state index in [1.807, 2.05) is 6.07 Å². The third-order valence-corrected chi connectivity index (χ3v) is 2.93. The summed E-state index contributed by atoms with van der Waals surface area (Å²) in [6, 6.07) is 3.69. The van der Waals surface area contributed by atoms with Crippen molar-refractivity contribution in [3.63, 3.8) is 0 Å². The number of rotatable bonds is 6. The topological polar surface area (TPSA) is 47.9 Å². The number of hydrogen-bond donors (Lipinski definition) is 1. The fourth-order valence-corrected chi connectivity index (χ4v) is 1.95. The lowest BCUT2D eigenvalue weighted by Gasteiger charge is -2.14. The van der Waals surface area contributed by atoms with E-state index in [9.17, 15) is 0 Å². The van der Waals surface area contributed by atoms with Gasteiger partial charge in [-0.1, -0.05) is 6.07 Å². The summed E-state index contributed by atoms with van der Waals surface area (Å²) < 4.78 is 16.2. The Bertz CT molecular complexity index is 341. The van der Waals surface area contributed by atoms with Crippen LogP contribution in [0.25, 0.3) is 0 Å². The van der Waals surface area contributed by atoms with Crippen molar-refractivity contribution in [3.8, 4) is 11.5 Å². The normalized spacial score (nSPS) is 10.2. The average molecular weight is 291 g/mol. The quantitative estimate of drug-likeness (QED) is 0.814. The van der Waals surface area contributed by atoms with Crippen molar-refractivity contribution in [2.45, 2.75) is 6.42 Å². The van der Waals surface area contributed by atoms with E-state index in [0.717, 1.165) is 10.0 Å². The molecule has 0 radical (unpaired) electrons. The zero-order chi connectivity index (χ0) is 12.0. The Morgan fingerprint density at radius 3 is 2.62 bits per heavy atom. The van der Waals surface area contributed by atoms with Crippen molar-refractivity contribution >= 4 is 15.9 Å². The van der Waals surface area contributed by atoms with Crippen molar-refractivity contribution < 1.29 is 19.3 Å². The summed E-state index contributed by atoms with van der Waals surface area (Å²) in [5.74, 6) is 1.22. The Balaban J connectivity index is 3.02. The van der Waals surface area contributed by atoms with E-state index < -0.39 is 0 Å². The molecule has 0 unspecified atom stereocenters. The number of halogens is 1. The average Bonchev–Trinajstić information content (AvgIpc) is 2.30. The van der Waals surface area contributed by atoms with Gasteiger partial charge in [0.2, 0.25) is 0 Å². The summed E-state index contributed by atoms with van der Waals surface area (Å²) in [7, 11) is 3.13. The van der Waals surface area contributed by atoms with Crippen LogP contribution in [0.15, 0.2) is 16.6 Å². The van der Waals surface area contributed by atoms with Gasteiger partial charge in [-0.2, -0.15) is 0 Å². The van der Waals surface area contributed by atoms with Crippen molar-refractivity contribution in [3.05, 3.63) is 22.2 Å². The van der Waals surface area contributed by atoms with Crippen LogP contribution in [-0.2, 0) is 11.2 Å². The molecule has 0 fully saturated rings. The van der Waals surface area contributed by atoms with Crippen molar-refractivity contribution in [1.29, 1.82) is 0 Å². The third kappa shape index (κ3) is 3.10. The molecule has 5 heteroatoms. The molecule has 0 amide bonds. The zero-order valence-electron chi connectivity index (χ0n) is 9.33. The van der Waals surface area contributed by atoms with Crippen LogP contribution >= 0.6 is 15.9 Å². The molecule has 0 heterocycles. The van der Waals surface area contributed by atoms with Gasteiger partial charge in [-0.25, -0.2) is 0 Å². The first-order chi connectivity index (χ1) is 7.74. The van der Waals surface area contributed by atoms with Crippen LogP contribution in [0.1, 0.15) is 5.56 Å².